The Morgan fingerprint density at radius 3 is 2.54 bits per heavy atom. The molecule has 4 nitrogen and oxygen atoms in total. The third-order valence-corrected chi connectivity index (χ3v) is 4.92. The lowest BCUT2D eigenvalue weighted by Gasteiger charge is -2.12. The maximum Gasteiger partial charge on any atom is 0.152 e. The minimum Gasteiger partial charge on any atom is -0.339 e. The van der Waals surface area contributed by atoms with Crippen molar-refractivity contribution < 1.29 is 4.79 Å². The molecule has 0 amide bonds. The lowest BCUT2D eigenvalue weighted by molar-refractivity contribution is 0.112. The van der Waals surface area contributed by atoms with Crippen LogP contribution in [0.2, 0.25) is 0 Å². The third-order valence-electron chi connectivity index (χ3n) is 4.92. The van der Waals surface area contributed by atoms with Crippen molar-refractivity contribution in [2.45, 2.75) is 33.4 Å². The van der Waals surface area contributed by atoms with E-state index in [-0.39, 0.29) is 0 Å². The SMILES string of the molecule is CC(C)CCn1c(Cn2cc(C=O)c3ccccc32)nc2ccccc21. The number of aryl methyl sites for hydroxylation is 1. The Morgan fingerprint density at radius 1 is 1.04 bits per heavy atom. The normalized spacial score (nSPS) is 11.7. The van der Waals surface area contributed by atoms with Crippen LogP contribution in [0.25, 0.3) is 21.9 Å². The molecule has 0 aliphatic rings. The van der Waals surface area contributed by atoms with E-state index in [1.165, 1.54) is 5.52 Å². The van der Waals surface area contributed by atoms with Crippen LogP contribution in [0.3, 0.4) is 0 Å². The summed E-state index contributed by atoms with van der Waals surface area (Å²) in [7, 11) is 0. The molecule has 0 N–H and O–H groups in total. The summed E-state index contributed by atoms with van der Waals surface area (Å²) in [6.07, 6.45) is 3.98. The number of hydrogen-bond donors (Lipinski definition) is 0. The summed E-state index contributed by atoms with van der Waals surface area (Å²) in [5.74, 6) is 1.67. The molecule has 132 valence electrons. The molecule has 2 heterocycles. The molecule has 0 aliphatic carbocycles. The number of nitrogens with zero attached hydrogens (tertiary/aromatic N) is 3. The van der Waals surface area contributed by atoms with Gasteiger partial charge in [0.2, 0.25) is 0 Å². The molecule has 4 aromatic rings. The second-order valence-electron chi connectivity index (χ2n) is 7.20. The number of fused-ring (bicyclic) bond motifs is 2. The molecule has 0 aliphatic heterocycles. The molecule has 0 bridgehead atoms. The number of aromatic nitrogens is 3. The number of imidazole rings is 1. The van der Waals surface area contributed by atoms with Gasteiger partial charge in [-0.2, -0.15) is 0 Å². The van der Waals surface area contributed by atoms with E-state index in [1.807, 2.05) is 30.5 Å². The summed E-state index contributed by atoms with van der Waals surface area (Å²) in [4.78, 5) is 16.3. The highest BCUT2D eigenvalue weighted by molar-refractivity contribution is 5.97. The number of aldehydes is 1. The maximum atomic E-state index is 11.4. The van der Waals surface area contributed by atoms with Crippen LogP contribution < -0.4 is 0 Å². The molecule has 4 heteroatoms. The highest BCUT2D eigenvalue weighted by Crippen LogP contribution is 2.23. The van der Waals surface area contributed by atoms with Gasteiger partial charge >= 0.3 is 0 Å². The zero-order valence-electron chi connectivity index (χ0n) is 15.2. The fourth-order valence-electron chi connectivity index (χ4n) is 3.54. The molecular weight excluding hydrogens is 322 g/mol. The van der Waals surface area contributed by atoms with Gasteiger partial charge in [-0.05, 0) is 30.5 Å². The number of benzene rings is 2. The van der Waals surface area contributed by atoms with Gasteiger partial charge in [0.15, 0.2) is 6.29 Å². The summed E-state index contributed by atoms with van der Waals surface area (Å²) in [6, 6.07) is 16.3. The summed E-state index contributed by atoms with van der Waals surface area (Å²) in [5, 5.41) is 0.993. The Morgan fingerprint density at radius 2 is 1.77 bits per heavy atom. The number of carbonyl (C=O) groups is 1. The van der Waals surface area contributed by atoms with Crippen LogP contribution in [0.5, 0.6) is 0 Å². The first-order valence-electron chi connectivity index (χ1n) is 9.14. The molecule has 4 rings (SSSR count). The van der Waals surface area contributed by atoms with Crippen molar-refractivity contribution in [1.29, 1.82) is 0 Å². The van der Waals surface area contributed by atoms with Crippen molar-refractivity contribution in [3.63, 3.8) is 0 Å². The van der Waals surface area contributed by atoms with Crippen LogP contribution in [0, 0.1) is 5.92 Å². The number of hydrogen-bond acceptors (Lipinski definition) is 2. The summed E-state index contributed by atoms with van der Waals surface area (Å²) in [5.41, 5.74) is 4.00. The van der Waals surface area contributed by atoms with Crippen molar-refractivity contribution in [2.75, 3.05) is 0 Å². The largest absolute Gasteiger partial charge is 0.339 e. The number of para-hydroxylation sites is 3. The first-order valence-corrected chi connectivity index (χ1v) is 9.14. The van der Waals surface area contributed by atoms with Crippen LogP contribution in [0.15, 0.2) is 54.7 Å². The lowest BCUT2D eigenvalue weighted by Crippen LogP contribution is -2.10. The highest BCUT2D eigenvalue weighted by atomic mass is 16.1. The predicted molar refractivity (Wildman–Crippen MR) is 106 cm³/mol. The molecule has 0 spiro atoms. The molecule has 0 radical (unpaired) electrons. The van der Waals surface area contributed by atoms with Crippen molar-refractivity contribution >= 4 is 28.2 Å². The van der Waals surface area contributed by atoms with Crippen LogP contribution in [0.1, 0.15) is 36.5 Å². The first kappa shape index (κ1) is 16.6. The fraction of sp³-hybridized carbons (Fsp3) is 0.273. The van der Waals surface area contributed by atoms with Crippen LogP contribution in [-0.4, -0.2) is 20.4 Å². The van der Waals surface area contributed by atoms with Gasteiger partial charge in [-0.15, -0.1) is 0 Å². The van der Waals surface area contributed by atoms with Gasteiger partial charge in [0.25, 0.3) is 0 Å². The molecule has 2 aromatic carbocycles. The summed E-state index contributed by atoms with van der Waals surface area (Å²) >= 11 is 0. The predicted octanol–water partition coefficient (Wildman–Crippen LogP) is 4.90. The van der Waals surface area contributed by atoms with Crippen molar-refractivity contribution in [1.82, 2.24) is 14.1 Å². The Kier molecular flexibility index (Phi) is 4.33. The van der Waals surface area contributed by atoms with Crippen molar-refractivity contribution in [3.8, 4) is 0 Å². The third kappa shape index (κ3) is 2.92. The van der Waals surface area contributed by atoms with Gasteiger partial charge in [-0.3, -0.25) is 4.79 Å². The molecule has 0 fully saturated rings. The van der Waals surface area contributed by atoms with Gasteiger partial charge in [-0.25, -0.2) is 4.98 Å². The van der Waals surface area contributed by atoms with E-state index >= 15 is 0 Å². The second kappa shape index (κ2) is 6.79. The van der Waals surface area contributed by atoms with E-state index in [9.17, 15) is 4.79 Å². The van der Waals surface area contributed by atoms with Gasteiger partial charge in [-0.1, -0.05) is 44.2 Å². The minimum atomic E-state index is 0.637. The van der Waals surface area contributed by atoms with E-state index in [4.69, 9.17) is 4.98 Å². The van der Waals surface area contributed by atoms with Gasteiger partial charge in [0.1, 0.15) is 5.82 Å². The van der Waals surface area contributed by atoms with Crippen LogP contribution >= 0.6 is 0 Å². The summed E-state index contributed by atoms with van der Waals surface area (Å²) in [6.45, 7) is 6.09. The fourth-order valence-corrected chi connectivity index (χ4v) is 3.54. The standard InChI is InChI=1S/C22H23N3O/c1-16(2)11-12-25-21-10-6-4-8-19(21)23-22(25)14-24-13-17(15-26)18-7-3-5-9-20(18)24/h3-10,13,15-16H,11-12,14H2,1-2H3. The highest BCUT2D eigenvalue weighted by Gasteiger charge is 2.14. The van der Waals surface area contributed by atoms with E-state index < -0.39 is 0 Å². The Bertz CT molecular complexity index is 1070. The average Bonchev–Trinajstić information content (AvgIpc) is 3.18. The van der Waals surface area contributed by atoms with Crippen molar-refractivity contribution in [2.24, 2.45) is 5.92 Å². The Hall–Kier alpha value is -2.88. The first-order chi connectivity index (χ1) is 12.7. The molecule has 0 saturated carbocycles. The number of rotatable bonds is 6. The van der Waals surface area contributed by atoms with E-state index in [0.717, 1.165) is 47.1 Å². The van der Waals surface area contributed by atoms with Gasteiger partial charge in [0, 0.05) is 29.2 Å². The van der Waals surface area contributed by atoms with Gasteiger partial charge in [0.05, 0.1) is 17.6 Å². The summed E-state index contributed by atoms with van der Waals surface area (Å²) < 4.78 is 4.46. The molecule has 26 heavy (non-hydrogen) atoms. The zero-order valence-corrected chi connectivity index (χ0v) is 15.2. The van der Waals surface area contributed by atoms with Crippen LogP contribution in [-0.2, 0) is 13.1 Å². The lowest BCUT2D eigenvalue weighted by atomic mass is 10.1. The molecule has 0 atom stereocenters. The molecular formula is C22H23N3O. The second-order valence-corrected chi connectivity index (χ2v) is 7.20. The van der Waals surface area contributed by atoms with Crippen molar-refractivity contribution in [3.05, 3.63) is 66.1 Å². The average molecular weight is 345 g/mol. The quantitative estimate of drug-likeness (QED) is 0.466. The Labute approximate surface area is 153 Å². The maximum absolute atomic E-state index is 11.4. The van der Waals surface area contributed by atoms with E-state index in [0.29, 0.717) is 12.5 Å². The van der Waals surface area contributed by atoms with E-state index in [2.05, 4.69) is 47.2 Å². The molecule has 2 aromatic heterocycles. The zero-order chi connectivity index (χ0) is 18.1. The Balaban J connectivity index is 1.80. The van der Waals surface area contributed by atoms with Gasteiger partial charge < -0.3 is 9.13 Å². The molecule has 0 unspecified atom stereocenters. The van der Waals surface area contributed by atoms with Crippen LogP contribution in [0.4, 0.5) is 0 Å². The number of carbonyl (C=O) groups excluding carboxylic acids is 1. The topological polar surface area (TPSA) is 39.8 Å². The smallest absolute Gasteiger partial charge is 0.152 e. The monoisotopic (exact) mass is 345 g/mol. The minimum absolute atomic E-state index is 0.637. The van der Waals surface area contributed by atoms with E-state index in [1.54, 1.807) is 0 Å². The molecule has 0 saturated heterocycles.